The largest absolute Gasteiger partial charge is 0.466 e. The third-order valence-corrected chi connectivity index (χ3v) is 4.87. The normalized spacial score (nSPS) is 23.0. The van der Waals surface area contributed by atoms with Gasteiger partial charge in [0.25, 0.3) is 0 Å². The van der Waals surface area contributed by atoms with Gasteiger partial charge in [-0.1, -0.05) is 37.3 Å². The van der Waals surface area contributed by atoms with Gasteiger partial charge in [0.1, 0.15) is 12.6 Å². The molecule has 0 bridgehead atoms. The van der Waals surface area contributed by atoms with Crippen molar-refractivity contribution in [3.05, 3.63) is 35.9 Å². The van der Waals surface area contributed by atoms with Crippen molar-refractivity contribution in [1.82, 2.24) is 0 Å². The maximum atomic E-state index is 11.8. The summed E-state index contributed by atoms with van der Waals surface area (Å²) in [7, 11) is 0. The summed E-state index contributed by atoms with van der Waals surface area (Å²) in [4.78, 5) is 13.1. The Morgan fingerprint density at radius 3 is 2.52 bits per heavy atom. The Kier molecular flexibility index (Phi) is 8.38. The molecule has 0 radical (unpaired) electrons. The van der Waals surface area contributed by atoms with Gasteiger partial charge in [0.05, 0.1) is 38.3 Å². The zero-order valence-electron chi connectivity index (χ0n) is 15.4. The molecule has 1 fully saturated rings. The number of ether oxygens (including phenoxy) is 2. The highest BCUT2D eigenvalue weighted by Gasteiger charge is 2.29. The van der Waals surface area contributed by atoms with Crippen LogP contribution in [0.3, 0.4) is 0 Å². The highest BCUT2D eigenvalue weighted by Crippen LogP contribution is 2.20. The lowest BCUT2D eigenvalue weighted by Gasteiger charge is -2.29. The van der Waals surface area contributed by atoms with Crippen LogP contribution in [0.15, 0.2) is 30.3 Å². The fourth-order valence-electron chi connectivity index (χ4n) is 3.46. The Bertz CT molecular complexity index is 500. The summed E-state index contributed by atoms with van der Waals surface area (Å²) in [5.41, 5.74) is 1.15. The van der Waals surface area contributed by atoms with E-state index in [2.05, 4.69) is 19.1 Å². The minimum Gasteiger partial charge on any atom is -0.466 e. The van der Waals surface area contributed by atoms with E-state index in [1.165, 1.54) is 4.90 Å². The summed E-state index contributed by atoms with van der Waals surface area (Å²) < 4.78 is 11.0. The van der Waals surface area contributed by atoms with Crippen molar-refractivity contribution in [2.75, 3.05) is 32.8 Å². The Morgan fingerprint density at radius 1 is 1.24 bits per heavy atom. The van der Waals surface area contributed by atoms with E-state index in [-0.39, 0.29) is 18.0 Å². The molecule has 1 aliphatic rings. The number of quaternary nitrogens is 1. The quantitative estimate of drug-likeness (QED) is 0.661. The number of aliphatic hydroxyl groups excluding tert-OH is 1. The van der Waals surface area contributed by atoms with E-state index in [9.17, 15) is 9.90 Å². The molecule has 1 aromatic carbocycles. The van der Waals surface area contributed by atoms with Crippen molar-refractivity contribution < 1.29 is 24.3 Å². The molecule has 0 aliphatic carbocycles. The smallest absolute Gasteiger partial charge is 0.309 e. The van der Waals surface area contributed by atoms with E-state index in [1.54, 1.807) is 0 Å². The second-order valence-electron chi connectivity index (χ2n) is 6.78. The molecular formula is C20H32NO4+. The number of carbonyl (C=O) groups excluding carboxylic acids is 1. The standard InChI is InChI=1S/C20H31NO4/c1-3-19(16-8-6-5-7-9-16)25-15-18(22)14-21-12-10-17(11-13-21)20(23)24-4-2/h5-9,17-19,22H,3-4,10-15H2,1-2H3/p+1/t18-,19+/m0/s1. The maximum Gasteiger partial charge on any atom is 0.309 e. The number of hydrogen-bond donors (Lipinski definition) is 2. The molecule has 5 heteroatoms. The lowest BCUT2D eigenvalue weighted by atomic mass is 9.97. The van der Waals surface area contributed by atoms with Crippen LogP contribution in [0.25, 0.3) is 0 Å². The number of carbonyl (C=O) groups is 1. The Morgan fingerprint density at radius 2 is 1.92 bits per heavy atom. The van der Waals surface area contributed by atoms with Gasteiger partial charge in [-0.25, -0.2) is 0 Å². The molecular weight excluding hydrogens is 318 g/mol. The van der Waals surface area contributed by atoms with Gasteiger partial charge in [-0.2, -0.15) is 0 Å². The third kappa shape index (κ3) is 6.42. The zero-order valence-corrected chi connectivity index (χ0v) is 15.4. The monoisotopic (exact) mass is 350 g/mol. The van der Waals surface area contributed by atoms with Crippen LogP contribution in [0, 0.1) is 5.92 Å². The first-order valence-corrected chi connectivity index (χ1v) is 9.48. The molecule has 2 rings (SSSR count). The number of aliphatic hydroxyl groups is 1. The van der Waals surface area contributed by atoms with Crippen LogP contribution in [-0.2, 0) is 14.3 Å². The van der Waals surface area contributed by atoms with Gasteiger partial charge < -0.3 is 19.5 Å². The number of hydrogen-bond acceptors (Lipinski definition) is 4. The first kappa shape index (κ1) is 19.9. The summed E-state index contributed by atoms with van der Waals surface area (Å²) in [5.74, 6) is -0.0428. The lowest BCUT2D eigenvalue weighted by Crippen LogP contribution is -3.14. The zero-order chi connectivity index (χ0) is 18.1. The van der Waals surface area contributed by atoms with Gasteiger partial charge in [-0.05, 0) is 18.9 Å². The van der Waals surface area contributed by atoms with Crippen molar-refractivity contribution in [3.63, 3.8) is 0 Å². The molecule has 25 heavy (non-hydrogen) atoms. The number of likely N-dealkylation sites (tertiary alicyclic amines) is 1. The van der Waals surface area contributed by atoms with Crippen molar-refractivity contribution >= 4 is 5.97 Å². The summed E-state index contributed by atoms with van der Waals surface area (Å²) in [6, 6.07) is 10.1. The minimum atomic E-state index is -0.480. The number of rotatable bonds is 9. The number of esters is 1. The fraction of sp³-hybridized carbons (Fsp3) is 0.650. The SMILES string of the molecule is CCOC(=O)C1CC[NH+](C[C@H](O)CO[C@H](CC)c2ccccc2)CC1. The van der Waals surface area contributed by atoms with Gasteiger partial charge in [0.15, 0.2) is 0 Å². The summed E-state index contributed by atoms with van der Waals surface area (Å²) in [6.45, 7) is 7.19. The van der Waals surface area contributed by atoms with Crippen molar-refractivity contribution in [1.29, 1.82) is 0 Å². The second kappa shape index (κ2) is 10.5. The Hall–Kier alpha value is -1.43. The predicted octanol–water partition coefficient (Wildman–Crippen LogP) is 1.37. The van der Waals surface area contributed by atoms with Crippen molar-refractivity contribution in [2.24, 2.45) is 5.92 Å². The van der Waals surface area contributed by atoms with Gasteiger partial charge >= 0.3 is 5.97 Å². The molecule has 1 aromatic rings. The molecule has 1 heterocycles. The van der Waals surface area contributed by atoms with E-state index in [0.717, 1.165) is 37.9 Å². The van der Waals surface area contributed by atoms with Crippen LogP contribution in [0.5, 0.6) is 0 Å². The van der Waals surface area contributed by atoms with Crippen LogP contribution in [0.2, 0.25) is 0 Å². The topological polar surface area (TPSA) is 60.2 Å². The fourth-order valence-corrected chi connectivity index (χ4v) is 3.46. The average molecular weight is 350 g/mol. The van der Waals surface area contributed by atoms with Gasteiger partial charge in [0, 0.05) is 12.8 Å². The first-order chi connectivity index (χ1) is 12.1. The van der Waals surface area contributed by atoms with Crippen LogP contribution >= 0.6 is 0 Å². The van der Waals surface area contributed by atoms with E-state index >= 15 is 0 Å². The lowest BCUT2D eigenvalue weighted by molar-refractivity contribution is -0.908. The molecule has 2 atom stereocenters. The van der Waals surface area contributed by atoms with E-state index in [4.69, 9.17) is 9.47 Å². The summed E-state index contributed by atoms with van der Waals surface area (Å²) >= 11 is 0. The molecule has 0 amide bonds. The Balaban J connectivity index is 1.70. The van der Waals surface area contributed by atoms with Gasteiger partial charge in [-0.3, -0.25) is 4.79 Å². The molecule has 0 aromatic heterocycles. The van der Waals surface area contributed by atoms with Crippen LogP contribution < -0.4 is 4.90 Å². The molecule has 140 valence electrons. The van der Waals surface area contributed by atoms with Crippen LogP contribution in [0.4, 0.5) is 0 Å². The van der Waals surface area contributed by atoms with Crippen LogP contribution in [0.1, 0.15) is 44.8 Å². The van der Waals surface area contributed by atoms with Crippen molar-refractivity contribution in [3.8, 4) is 0 Å². The molecule has 2 N–H and O–H groups in total. The van der Waals surface area contributed by atoms with E-state index in [0.29, 0.717) is 19.8 Å². The van der Waals surface area contributed by atoms with E-state index in [1.807, 2.05) is 25.1 Å². The molecule has 0 saturated carbocycles. The molecule has 1 saturated heterocycles. The highest BCUT2D eigenvalue weighted by atomic mass is 16.5. The second-order valence-corrected chi connectivity index (χ2v) is 6.78. The van der Waals surface area contributed by atoms with Gasteiger partial charge in [-0.15, -0.1) is 0 Å². The highest BCUT2D eigenvalue weighted by molar-refractivity contribution is 5.72. The summed E-state index contributed by atoms with van der Waals surface area (Å²) in [6.07, 6.45) is 2.11. The Labute approximate surface area is 150 Å². The molecule has 0 spiro atoms. The third-order valence-electron chi connectivity index (χ3n) is 4.87. The van der Waals surface area contributed by atoms with E-state index < -0.39 is 6.10 Å². The predicted molar refractivity (Wildman–Crippen MR) is 96.4 cm³/mol. The summed E-state index contributed by atoms with van der Waals surface area (Å²) in [5, 5.41) is 10.3. The van der Waals surface area contributed by atoms with Crippen LogP contribution in [-0.4, -0.2) is 50.0 Å². The average Bonchev–Trinajstić information content (AvgIpc) is 2.64. The number of benzene rings is 1. The van der Waals surface area contributed by atoms with Gasteiger partial charge in [0.2, 0.25) is 0 Å². The number of piperidine rings is 1. The van der Waals surface area contributed by atoms with Crippen molar-refractivity contribution in [2.45, 2.75) is 45.3 Å². The molecule has 5 nitrogen and oxygen atoms in total. The molecule has 0 unspecified atom stereocenters. The molecule has 1 aliphatic heterocycles. The maximum absolute atomic E-state index is 11.8. The number of nitrogens with one attached hydrogen (secondary N) is 1. The minimum absolute atomic E-state index is 0.0274. The first-order valence-electron chi connectivity index (χ1n) is 9.48.